The van der Waals surface area contributed by atoms with E-state index in [-0.39, 0.29) is 11.9 Å². The van der Waals surface area contributed by atoms with Crippen LogP contribution < -0.4 is 0 Å². The zero-order valence-electron chi connectivity index (χ0n) is 17.2. The summed E-state index contributed by atoms with van der Waals surface area (Å²) in [6, 6.07) is 16.1. The van der Waals surface area contributed by atoms with Gasteiger partial charge in [0.25, 0.3) is 0 Å². The van der Waals surface area contributed by atoms with Crippen molar-refractivity contribution in [1.82, 2.24) is 14.3 Å². The molecule has 7 heteroatoms. The predicted octanol–water partition coefficient (Wildman–Crippen LogP) is 4.13. The van der Waals surface area contributed by atoms with Gasteiger partial charge in [-0.2, -0.15) is 0 Å². The third-order valence-electron chi connectivity index (χ3n) is 5.40. The lowest BCUT2D eigenvalue weighted by molar-refractivity contribution is 0.0853. The topological polar surface area (TPSA) is 43.9 Å². The molecule has 0 bridgehead atoms. The van der Waals surface area contributed by atoms with Crippen molar-refractivity contribution in [2.75, 3.05) is 19.8 Å². The second-order valence-corrected chi connectivity index (χ2v) is 9.28. The molecule has 30 heavy (non-hydrogen) atoms. The summed E-state index contributed by atoms with van der Waals surface area (Å²) in [5.41, 5.74) is 4.31. The zero-order chi connectivity index (χ0) is 21.5. The monoisotopic (exact) mass is 425 g/mol. The molecule has 0 saturated carbocycles. The predicted molar refractivity (Wildman–Crippen MR) is 117 cm³/mol. The molecule has 0 fully saturated rings. The molecular formula is C23H24FN3O2S. The molecule has 0 aromatic heterocycles. The van der Waals surface area contributed by atoms with E-state index in [1.165, 1.54) is 22.7 Å². The Bertz CT molecular complexity index is 1140. The number of likely N-dealkylation sites (N-methyl/N-ethyl adjacent to an activating group) is 2. The van der Waals surface area contributed by atoms with E-state index in [4.69, 9.17) is 0 Å². The fraction of sp³-hybridized carbons (Fsp3) is 0.217. The summed E-state index contributed by atoms with van der Waals surface area (Å²) in [5, 5.41) is 3.96. The molecule has 1 unspecified atom stereocenters. The van der Waals surface area contributed by atoms with Crippen LogP contribution in [-0.2, 0) is 10.0 Å². The number of hydrazine groups is 1. The third kappa shape index (κ3) is 3.66. The van der Waals surface area contributed by atoms with Crippen LogP contribution >= 0.6 is 0 Å². The molecule has 2 aliphatic heterocycles. The maximum absolute atomic E-state index is 13.4. The first-order valence-electron chi connectivity index (χ1n) is 9.76. The number of hydrogen-bond donors (Lipinski definition) is 0. The van der Waals surface area contributed by atoms with Crippen LogP contribution in [-0.4, -0.2) is 42.6 Å². The normalized spacial score (nSPS) is 19.1. The van der Waals surface area contributed by atoms with Crippen molar-refractivity contribution in [3.8, 4) is 0 Å². The van der Waals surface area contributed by atoms with Crippen LogP contribution in [0.4, 0.5) is 4.39 Å². The van der Waals surface area contributed by atoms with E-state index in [9.17, 15) is 12.8 Å². The summed E-state index contributed by atoms with van der Waals surface area (Å²) >= 11 is 0. The van der Waals surface area contributed by atoms with Crippen molar-refractivity contribution in [2.24, 2.45) is 0 Å². The van der Waals surface area contributed by atoms with Gasteiger partial charge in [-0.15, -0.1) is 0 Å². The summed E-state index contributed by atoms with van der Waals surface area (Å²) in [6.07, 6.45) is 7.20. The maximum Gasteiger partial charge on any atom is 0.232 e. The van der Waals surface area contributed by atoms with E-state index < -0.39 is 10.0 Å². The largest absolute Gasteiger partial charge is 0.279 e. The molecule has 5 nitrogen and oxygen atoms in total. The number of nitrogens with zero attached hydrogens (tertiary/aromatic N) is 3. The van der Waals surface area contributed by atoms with Crippen molar-refractivity contribution in [3.05, 3.63) is 101 Å². The molecule has 2 aromatic carbocycles. The minimum atomic E-state index is -3.45. The van der Waals surface area contributed by atoms with E-state index in [1.807, 2.05) is 66.6 Å². The lowest BCUT2D eigenvalue weighted by Crippen LogP contribution is -2.37. The molecule has 2 aromatic rings. The van der Waals surface area contributed by atoms with Crippen LogP contribution in [0.5, 0.6) is 0 Å². The Morgan fingerprint density at radius 3 is 2.33 bits per heavy atom. The SMILES string of the molecule is CCN(C1=CN2C(=CC(c3ccc(F)cc3)N2C)C=C1c1ccccc1)S(C)(=O)=O. The van der Waals surface area contributed by atoms with Gasteiger partial charge in [0, 0.05) is 25.4 Å². The Hall–Kier alpha value is -2.90. The Kier molecular flexibility index (Phi) is 5.26. The number of benzene rings is 2. The Balaban J connectivity index is 1.83. The molecule has 4 rings (SSSR count). The first-order valence-corrected chi connectivity index (χ1v) is 11.6. The molecule has 2 aliphatic rings. The lowest BCUT2D eigenvalue weighted by Gasteiger charge is -2.35. The maximum atomic E-state index is 13.4. The number of fused-ring (bicyclic) bond motifs is 1. The van der Waals surface area contributed by atoms with Gasteiger partial charge >= 0.3 is 0 Å². The highest BCUT2D eigenvalue weighted by Crippen LogP contribution is 2.41. The van der Waals surface area contributed by atoms with Crippen molar-refractivity contribution < 1.29 is 12.8 Å². The van der Waals surface area contributed by atoms with Gasteiger partial charge in [0.15, 0.2) is 0 Å². The van der Waals surface area contributed by atoms with Crippen LogP contribution in [0, 0.1) is 5.82 Å². The molecule has 0 aliphatic carbocycles. The van der Waals surface area contributed by atoms with Gasteiger partial charge in [-0.3, -0.25) is 9.31 Å². The van der Waals surface area contributed by atoms with Crippen LogP contribution in [0.15, 0.2) is 84.3 Å². The first kappa shape index (κ1) is 20.4. The molecule has 1 atom stereocenters. The summed E-state index contributed by atoms with van der Waals surface area (Å²) < 4.78 is 39.8. The molecule has 0 N–H and O–H groups in total. The molecular weight excluding hydrogens is 401 g/mol. The minimum Gasteiger partial charge on any atom is -0.279 e. The van der Waals surface area contributed by atoms with Crippen LogP contribution in [0.3, 0.4) is 0 Å². The van der Waals surface area contributed by atoms with E-state index in [1.54, 1.807) is 12.1 Å². The highest BCUT2D eigenvalue weighted by Gasteiger charge is 2.34. The second kappa shape index (κ2) is 7.74. The highest BCUT2D eigenvalue weighted by atomic mass is 32.2. The fourth-order valence-corrected chi connectivity index (χ4v) is 4.92. The van der Waals surface area contributed by atoms with Gasteiger partial charge in [0.05, 0.1) is 23.7 Å². The van der Waals surface area contributed by atoms with Crippen molar-refractivity contribution in [1.29, 1.82) is 0 Å². The average Bonchev–Trinajstić information content (AvgIpc) is 3.04. The van der Waals surface area contributed by atoms with E-state index in [0.29, 0.717) is 12.2 Å². The van der Waals surface area contributed by atoms with Crippen molar-refractivity contribution in [2.45, 2.75) is 13.0 Å². The first-order chi connectivity index (χ1) is 14.3. The molecule has 0 saturated heterocycles. The number of rotatable bonds is 5. The van der Waals surface area contributed by atoms with Crippen LogP contribution in [0.2, 0.25) is 0 Å². The molecule has 2 heterocycles. The minimum absolute atomic E-state index is 0.0854. The molecule has 0 radical (unpaired) electrons. The number of halogens is 1. The average molecular weight is 426 g/mol. The van der Waals surface area contributed by atoms with Crippen molar-refractivity contribution >= 4 is 15.6 Å². The van der Waals surface area contributed by atoms with Crippen molar-refractivity contribution in [3.63, 3.8) is 0 Å². The van der Waals surface area contributed by atoms with Gasteiger partial charge in [0.2, 0.25) is 10.0 Å². The number of allylic oxidation sites excluding steroid dienone is 2. The Morgan fingerprint density at radius 2 is 1.73 bits per heavy atom. The Labute approximate surface area is 177 Å². The quantitative estimate of drug-likeness (QED) is 0.723. The lowest BCUT2D eigenvalue weighted by atomic mass is 9.99. The fourth-order valence-electron chi connectivity index (χ4n) is 3.95. The smallest absolute Gasteiger partial charge is 0.232 e. The van der Waals surface area contributed by atoms with Crippen LogP contribution in [0.1, 0.15) is 24.1 Å². The standard InChI is InChI=1S/C23H24FN3O2S/c1-4-27(30(3,28)29)23-16-26-20(14-21(23)17-8-6-5-7-9-17)15-22(25(26)2)18-10-12-19(24)13-11-18/h5-16,22H,4H2,1-3H3. The van der Waals surface area contributed by atoms with Gasteiger partial charge < -0.3 is 0 Å². The van der Waals surface area contributed by atoms with Gasteiger partial charge in [-0.05, 0) is 42.3 Å². The highest BCUT2D eigenvalue weighted by molar-refractivity contribution is 7.88. The summed E-state index contributed by atoms with van der Waals surface area (Å²) in [5.74, 6) is -0.273. The Morgan fingerprint density at radius 1 is 1.07 bits per heavy atom. The molecule has 0 amide bonds. The number of sulfonamides is 1. The summed E-state index contributed by atoms with van der Waals surface area (Å²) in [4.78, 5) is 0. The second-order valence-electron chi connectivity index (χ2n) is 7.37. The van der Waals surface area contributed by atoms with Gasteiger partial charge in [-0.1, -0.05) is 42.5 Å². The zero-order valence-corrected chi connectivity index (χ0v) is 18.0. The van der Waals surface area contributed by atoms with E-state index >= 15 is 0 Å². The van der Waals surface area contributed by atoms with Gasteiger partial charge in [-0.25, -0.2) is 17.8 Å². The van der Waals surface area contributed by atoms with Gasteiger partial charge in [0.1, 0.15) is 5.82 Å². The number of hydrogen-bond acceptors (Lipinski definition) is 4. The molecule has 156 valence electrons. The summed E-state index contributed by atoms with van der Waals surface area (Å²) in [7, 11) is -1.52. The van der Waals surface area contributed by atoms with E-state index in [0.717, 1.165) is 22.4 Å². The third-order valence-corrected chi connectivity index (χ3v) is 6.66. The molecule has 0 spiro atoms. The van der Waals surface area contributed by atoms with Crippen LogP contribution in [0.25, 0.3) is 5.57 Å². The van der Waals surface area contributed by atoms with E-state index in [2.05, 4.69) is 6.08 Å². The summed E-state index contributed by atoms with van der Waals surface area (Å²) in [6.45, 7) is 2.15.